The van der Waals surface area contributed by atoms with Crippen LogP contribution in [0.1, 0.15) is 54.7 Å². The monoisotopic (exact) mass is 263 g/mol. The van der Waals surface area contributed by atoms with Crippen molar-refractivity contribution in [3.05, 3.63) is 21.9 Å². The Labute approximate surface area is 115 Å². The van der Waals surface area contributed by atoms with Crippen molar-refractivity contribution in [2.75, 3.05) is 6.54 Å². The van der Waals surface area contributed by atoms with Crippen LogP contribution in [0.3, 0.4) is 0 Å². The molecule has 18 heavy (non-hydrogen) atoms. The van der Waals surface area contributed by atoms with Gasteiger partial charge in [-0.1, -0.05) is 13.3 Å². The molecule has 3 atom stereocenters. The fourth-order valence-corrected chi connectivity index (χ4v) is 4.38. The van der Waals surface area contributed by atoms with Crippen LogP contribution >= 0.6 is 11.3 Å². The number of hydrogen-bond acceptors (Lipinski definition) is 2. The number of nitrogens with one attached hydrogen (secondary N) is 1. The van der Waals surface area contributed by atoms with Gasteiger partial charge in [-0.2, -0.15) is 0 Å². The summed E-state index contributed by atoms with van der Waals surface area (Å²) in [6, 6.07) is 5.53. The first kappa shape index (κ1) is 12.7. The minimum atomic E-state index is 0.818. The van der Waals surface area contributed by atoms with Crippen LogP contribution < -0.4 is 5.32 Å². The molecule has 0 bridgehead atoms. The number of rotatable bonds is 4. The Hall–Kier alpha value is -0.340. The van der Waals surface area contributed by atoms with Crippen LogP contribution in [0.25, 0.3) is 0 Å². The maximum Gasteiger partial charge on any atom is 0.00823 e. The van der Waals surface area contributed by atoms with Crippen molar-refractivity contribution < 1.29 is 0 Å². The summed E-state index contributed by atoms with van der Waals surface area (Å²) >= 11 is 2.02. The highest BCUT2D eigenvalue weighted by molar-refractivity contribution is 7.12. The predicted molar refractivity (Wildman–Crippen MR) is 79.3 cm³/mol. The van der Waals surface area contributed by atoms with E-state index < -0.39 is 0 Å². The van der Waals surface area contributed by atoms with E-state index >= 15 is 0 Å². The first-order valence-corrected chi connectivity index (χ1v) is 8.33. The minimum absolute atomic E-state index is 0.818. The van der Waals surface area contributed by atoms with E-state index in [0.717, 1.165) is 23.8 Å². The van der Waals surface area contributed by atoms with Crippen molar-refractivity contribution >= 4 is 11.3 Å². The lowest BCUT2D eigenvalue weighted by Crippen LogP contribution is -2.32. The normalized spacial score (nSPS) is 32.7. The van der Waals surface area contributed by atoms with Gasteiger partial charge in [0.05, 0.1) is 0 Å². The summed E-state index contributed by atoms with van der Waals surface area (Å²) in [5, 5.41) is 3.75. The number of aryl methyl sites for hydroxylation is 1. The van der Waals surface area contributed by atoms with Crippen LogP contribution in [0.4, 0.5) is 0 Å². The topological polar surface area (TPSA) is 12.0 Å². The van der Waals surface area contributed by atoms with Gasteiger partial charge in [0.1, 0.15) is 0 Å². The molecule has 0 amide bonds. The summed E-state index contributed by atoms with van der Waals surface area (Å²) in [4.78, 5) is 3.11. The molecule has 0 aromatic carbocycles. The lowest BCUT2D eigenvalue weighted by molar-refractivity contribution is 0.244. The molecule has 1 aromatic heterocycles. The molecule has 3 rings (SSSR count). The smallest absolute Gasteiger partial charge is 0.00823 e. The van der Waals surface area contributed by atoms with Crippen LogP contribution in [0.5, 0.6) is 0 Å². The van der Waals surface area contributed by atoms with Gasteiger partial charge >= 0.3 is 0 Å². The van der Waals surface area contributed by atoms with Crippen LogP contribution in [0, 0.1) is 18.8 Å². The van der Waals surface area contributed by atoms with E-state index in [1.807, 2.05) is 11.3 Å². The molecule has 100 valence electrons. The van der Waals surface area contributed by atoms with Crippen molar-refractivity contribution in [1.29, 1.82) is 0 Å². The highest BCUT2D eigenvalue weighted by atomic mass is 32.1. The van der Waals surface area contributed by atoms with Crippen molar-refractivity contribution in [1.82, 2.24) is 5.32 Å². The van der Waals surface area contributed by atoms with E-state index in [4.69, 9.17) is 0 Å². The van der Waals surface area contributed by atoms with Gasteiger partial charge in [-0.05, 0) is 69.0 Å². The third kappa shape index (κ3) is 2.97. The van der Waals surface area contributed by atoms with Crippen molar-refractivity contribution in [3.8, 4) is 0 Å². The highest BCUT2D eigenvalue weighted by Gasteiger charge is 2.32. The number of hydrogen-bond donors (Lipinski definition) is 1. The fourth-order valence-electron chi connectivity index (χ4n) is 3.29. The molecular weight excluding hydrogens is 238 g/mol. The Bertz CT molecular complexity index is 394. The van der Waals surface area contributed by atoms with E-state index in [2.05, 4.69) is 31.3 Å². The molecule has 0 spiro atoms. The fraction of sp³-hybridized carbons (Fsp3) is 0.750. The molecule has 1 aromatic rings. The SMILES string of the molecule is Cc1ccc(C2CC(C)CCC2CNC2CC2)s1. The van der Waals surface area contributed by atoms with Gasteiger partial charge in [0.15, 0.2) is 0 Å². The van der Waals surface area contributed by atoms with Crippen LogP contribution in [-0.2, 0) is 0 Å². The predicted octanol–water partition coefficient (Wildman–Crippen LogP) is 4.33. The van der Waals surface area contributed by atoms with Crippen molar-refractivity contribution in [3.63, 3.8) is 0 Å². The zero-order valence-corrected chi connectivity index (χ0v) is 12.4. The average Bonchev–Trinajstić information content (AvgIpc) is 3.09. The molecule has 2 aliphatic rings. The molecule has 0 aliphatic heterocycles. The van der Waals surface area contributed by atoms with Gasteiger partial charge in [-0.15, -0.1) is 11.3 Å². The van der Waals surface area contributed by atoms with Crippen molar-refractivity contribution in [2.24, 2.45) is 11.8 Å². The molecule has 2 saturated carbocycles. The standard InChI is InChI=1S/C16H25NS/c1-11-3-5-13(10-17-14-6-7-14)15(9-11)16-8-4-12(2)18-16/h4,8,11,13-15,17H,3,5-7,9-10H2,1-2H3. The summed E-state index contributed by atoms with van der Waals surface area (Å²) < 4.78 is 0. The molecule has 2 aliphatic carbocycles. The summed E-state index contributed by atoms with van der Waals surface area (Å²) in [6.45, 7) is 5.91. The van der Waals surface area contributed by atoms with E-state index in [1.165, 1.54) is 43.5 Å². The molecule has 1 N–H and O–H groups in total. The Morgan fingerprint density at radius 2 is 2.06 bits per heavy atom. The third-order valence-electron chi connectivity index (χ3n) is 4.63. The Morgan fingerprint density at radius 1 is 1.22 bits per heavy atom. The number of thiophene rings is 1. The summed E-state index contributed by atoms with van der Waals surface area (Å²) in [6.07, 6.45) is 7.06. The third-order valence-corrected chi connectivity index (χ3v) is 5.76. The lowest BCUT2D eigenvalue weighted by Gasteiger charge is -2.34. The molecule has 2 heteroatoms. The van der Waals surface area contributed by atoms with Crippen LogP contribution in [0.2, 0.25) is 0 Å². The van der Waals surface area contributed by atoms with E-state index in [9.17, 15) is 0 Å². The van der Waals surface area contributed by atoms with E-state index in [0.29, 0.717) is 0 Å². The van der Waals surface area contributed by atoms with Gasteiger partial charge in [0.2, 0.25) is 0 Å². The second-order valence-corrected chi connectivity index (χ2v) is 7.74. The van der Waals surface area contributed by atoms with Gasteiger partial charge < -0.3 is 5.32 Å². The Balaban J connectivity index is 1.68. The maximum absolute atomic E-state index is 3.75. The second-order valence-electron chi connectivity index (χ2n) is 6.42. The average molecular weight is 263 g/mol. The second kappa shape index (κ2) is 5.34. The Kier molecular flexibility index (Phi) is 3.76. The molecule has 1 nitrogen and oxygen atoms in total. The summed E-state index contributed by atoms with van der Waals surface area (Å²) in [5.41, 5.74) is 0. The molecule has 3 unspecified atom stereocenters. The van der Waals surface area contributed by atoms with Crippen LogP contribution in [0.15, 0.2) is 12.1 Å². The van der Waals surface area contributed by atoms with E-state index in [1.54, 1.807) is 4.88 Å². The molecule has 2 fully saturated rings. The summed E-state index contributed by atoms with van der Waals surface area (Å²) in [5.74, 6) is 2.60. The van der Waals surface area contributed by atoms with Crippen molar-refractivity contribution in [2.45, 2.75) is 57.9 Å². The molecular formula is C16H25NS. The quantitative estimate of drug-likeness (QED) is 0.852. The van der Waals surface area contributed by atoms with Gasteiger partial charge in [-0.3, -0.25) is 0 Å². The Morgan fingerprint density at radius 3 is 2.72 bits per heavy atom. The summed E-state index contributed by atoms with van der Waals surface area (Å²) in [7, 11) is 0. The molecule has 1 heterocycles. The van der Waals surface area contributed by atoms with Gasteiger partial charge in [-0.25, -0.2) is 0 Å². The molecule has 0 saturated heterocycles. The van der Waals surface area contributed by atoms with E-state index in [-0.39, 0.29) is 0 Å². The maximum atomic E-state index is 3.75. The zero-order chi connectivity index (χ0) is 12.5. The first-order chi connectivity index (χ1) is 8.72. The largest absolute Gasteiger partial charge is 0.314 e. The molecule has 0 radical (unpaired) electrons. The van der Waals surface area contributed by atoms with Gasteiger partial charge in [0, 0.05) is 15.8 Å². The highest BCUT2D eigenvalue weighted by Crippen LogP contribution is 2.42. The van der Waals surface area contributed by atoms with Gasteiger partial charge in [0.25, 0.3) is 0 Å². The van der Waals surface area contributed by atoms with Crippen LogP contribution in [-0.4, -0.2) is 12.6 Å². The first-order valence-electron chi connectivity index (χ1n) is 7.52. The zero-order valence-electron chi connectivity index (χ0n) is 11.6. The lowest BCUT2D eigenvalue weighted by atomic mass is 9.74. The minimum Gasteiger partial charge on any atom is -0.314 e.